The van der Waals surface area contributed by atoms with Crippen LogP contribution < -0.4 is 5.32 Å². The molecule has 7 nitrogen and oxygen atoms in total. The molecule has 0 aliphatic heterocycles. The first-order valence-corrected chi connectivity index (χ1v) is 7.71. The lowest BCUT2D eigenvalue weighted by molar-refractivity contribution is 0.0955. The molecule has 126 valence electrons. The minimum atomic E-state index is -0.381. The van der Waals surface area contributed by atoms with Crippen LogP contribution in [0.15, 0.2) is 47.2 Å². The van der Waals surface area contributed by atoms with E-state index in [9.17, 15) is 9.18 Å². The first-order chi connectivity index (χ1) is 12.2. The summed E-state index contributed by atoms with van der Waals surface area (Å²) in [6.07, 6.45) is 3.61. The van der Waals surface area contributed by atoms with Crippen LogP contribution >= 0.6 is 0 Å². The number of hydrogen-bond donors (Lipinski definition) is 3. The molecule has 25 heavy (non-hydrogen) atoms. The summed E-state index contributed by atoms with van der Waals surface area (Å²) in [6, 6.07) is 7.82. The van der Waals surface area contributed by atoms with E-state index in [0.29, 0.717) is 46.8 Å². The van der Waals surface area contributed by atoms with Gasteiger partial charge < -0.3 is 14.7 Å². The average molecular weight is 339 g/mol. The number of aromatic nitrogens is 4. The maximum atomic E-state index is 13.4. The van der Waals surface area contributed by atoms with Crippen molar-refractivity contribution in [3.63, 3.8) is 0 Å². The fourth-order valence-corrected chi connectivity index (χ4v) is 2.59. The van der Waals surface area contributed by atoms with Crippen molar-refractivity contribution in [2.75, 3.05) is 6.54 Å². The molecule has 0 unspecified atom stereocenters. The molecule has 0 radical (unpaired) electrons. The number of hydrogen-bond acceptors (Lipinski definition) is 4. The summed E-state index contributed by atoms with van der Waals surface area (Å²) in [6.45, 7) is 0.369. The molecule has 0 bridgehead atoms. The van der Waals surface area contributed by atoms with E-state index in [0.717, 1.165) is 0 Å². The zero-order valence-corrected chi connectivity index (χ0v) is 13.0. The molecule has 1 aromatic carbocycles. The van der Waals surface area contributed by atoms with Crippen molar-refractivity contribution < 1.29 is 13.6 Å². The first kappa shape index (κ1) is 15.1. The van der Waals surface area contributed by atoms with Crippen molar-refractivity contribution in [2.45, 2.75) is 6.42 Å². The number of fused-ring (bicyclic) bond motifs is 1. The third-order valence-electron chi connectivity index (χ3n) is 3.81. The van der Waals surface area contributed by atoms with Gasteiger partial charge in [0.1, 0.15) is 11.6 Å². The first-order valence-electron chi connectivity index (χ1n) is 7.71. The highest BCUT2D eigenvalue weighted by molar-refractivity contribution is 6.06. The Morgan fingerprint density at radius 3 is 3.08 bits per heavy atom. The van der Waals surface area contributed by atoms with Crippen molar-refractivity contribution in [2.24, 2.45) is 0 Å². The topological polar surface area (TPSA) is 99.6 Å². The number of halogens is 1. The summed E-state index contributed by atoms with van der Waals surface area (Å²) in [7, 11) is 0. The Labute approximate surface area is 141 Å². The van der Waals surface area contributed by atoms with Gasteiger partial charge in [-0.15, -0.1) is 0 Å². The highest BCUT2D eigenvalue weighted by Crippen LogP contribution is 2.19. The fraction of sp³-hybridized carbons (Fsp3) is 0.118. The van der Waals surface area contributed by atoms with Crippen molar-refractivity contribution in [1.29, 1.82) is 0 Å². The maximum absolute atomic E-state index is 13.4. The van der Waals surface area contributed by atoms with Gasteiger partial charge in [-0.3, -0.25) is 9.89 Å². The molecule has 0 saturated heterocycles. The number of carbonyl (C=O) groups excluding carboxylic acids is 1. The Hall–Kier alpha value is -3.42. The number of benzene rings is 1. The van der Waals surface area contributed by atoms with Crippen LogP contribution in [0.1, 0.15) is 16.2 Å². The van der Waals surface area contributed by atoms with Crippen LogP contribution in [0, 0.1) is 5.82 Å². The summed E-state index contributed by atoms with van der Waals surface area (Å²) in [5, 5.41) is 10.2. The monoisotopic (exact) mass is 339 g/mol. The van der Waals surface area contributed by atoms with E-state index >= 15 is 0 Å². The number of nitrogens with one attached hydrogen (secondary N) is 3. The van der Waals surface area contributed by atoms with E-state index in [-0.39, 0.29) is 11.7 Å². The van der Waals surface area contributed by atoms with Gasteiger partial charge in [0.25, 0.3) is 5.91 Å². The predicted octanol–water partition coefficient (Wildman–Crippen LogP) is 2.66. The van der Waals surface area contributed by atoms with Gasteiger partial charge in [0, 0.05) is 30.1 Å². The summed E-state index contributed by atoms with van der Waals surface area (Å²) < 4.78 is 18.6. The SMILES string of the molecule is O=C(NCCc1nc(-c2ccco2)n[nH]1)c1c[nH]c2ccc(F)cc12. The molecule has 4 aromatic rings. The molecule has 3 aromatic heterocycles. The van der Waals surface area contributed by atoms with Crippen LogP contribution in [-0.4, -0.2) is 32.6 Å². The van der Waals surface area contributed by atoms with Gasteiger partial charge in [-0.1, -0.05) is 0 Å². The summed E-state index contributed by atoms with van der Waals surface area (Å²) >= 11 is 0. The third kappa shape index (κ3) is 3.01. The van der Waals surface area contributed by atoms with E-state index < -0.39 is 0 Å². The molecule has 0 spiro atoms. The van der Waals surface area contributed by atoms with E-state index in [4.69, 9.17) is 4.42 Å². The lowest BCUT2D eigenvalue weighted by atomic mass is 10.1. The Morgan fingerprint density at radius 2 is 2.24 bits per heavy atom. The lowest BCUT2D eigenvalue weighted by Crippen LogP contribution is -2.25. The number of carbonyl (C=O) groups is 1. The van der Waals surface area contributed by atoms with Crippen molar-refractivity contribution in [3.8, 4) is 11.6 Å². The molecule has 0 aliphatic rings. The van der Waals surface area contributed by atoms with Crippen LogP contribution in [-0.2, 0) is 6.42 Å². The summed E-state index contributed by atoms with van der Waals surface area (Å²) in [5.41, 5.74) is 1.12. The quantitative estimate of drug-likeness (QED) is 0.520. The summed E-state index contributed by atoms with van der Waals surface area (Å²) in [4.78, 5) is 19.6. The van der Waals surface area contributed by atoms with Crippen LogP contribution in [0.2, 0.25) is 0 Å². The van der Waals surface area contributed by atoms with E-state index in [2.05, 4.69) is 25.5 Å². The Kier molecular flexibility index (Phi) is 3.77. The van der Waals surface area contributed by atoms with Crippen molar-refractivity contribution >= 4 is 16.8 Å². The standard InChI is InChI=1S/C17H14FN5O2/c18-10-3-4-13-11(8-10)12(9-20-13)17(24)19-6-5-15-21-16(23-22-15)14-2-1-7-25-14/h1-4,7-9,20H,5-6H2,(H,19,24)(H,21,22,23). The van der Waals surface area contributed by atoms with Gasteiger partial charge in [-0.25, -0.2) is 9.37 Å². The van der Waals surface area contributed by atoms with E-state index in [1.54, 1.807) is 30.7 Å². The average Bonchev–Trinajstić information content (AvgIpc) is 3.34. The smallest absolute Gasteiger partial charge is 0.253 e. The number of amides is 1. The molecule has 1 amide bonds. The van der Waals surface area contributed by atoms with Crippen LogP contribution in [0.25, 0.3) is 22.5 Å². The molecule has 0 aliphatic carbocycles. The van der Waals surface area contributed by atoms with Crippen LogP contribution in [0.5, 0.6) is 0 Å². The van der Waals surface area contributed by atoms with Crippen molar-refractivity contribution in [3.05, 3.63) is 60.0 Å². The number of H-pyrrole nitrogens is 2. The second-order valence-electron chi connectivity index (χ2n) is 5.48. The van der Waals surface area contributed by atoms with Gasteiger partial charge >= 0.3 is 0 Å². The van der Waals surface area contributed by atoms with E-state index in [1.165, 1.54) is 12.1 Å². The molecular formula is C17H14FN5O2. The molecular weight excluding hydrogens is 325 g/mol. The minimum absolute atomic E-state index is 0.275. The number of nitrogens with zero attached hydrogens (tertiary/aromatic N) is 2. The van der Waals surface area contributed by atoms with Gasteiger partial charge in [-0.2, -0.15) is 5.10 Å². The number of rotatable bonds is 5. The fourth-order valence-electron chi connectivity index (χ4n) is 2.59. The van der Waals surface area contributed by atoms with Crippen molar-refractivity contribution in [1.82, 2.24) is 25.5 Å². The van der Waals surface area contributed by atoms with Crippen LogP contribution in [0.3, 0.4) is 0 Å². The zero-order valence-electron chi connectivity index (χ0n) is 13.0. The molecule has 8 heteroatoms. The predicted molar refractivity (Wildman–Crippen MR) is 88.4 cm³/mol. The van der Waals surface area contributed by atoms with Gasteiger partial charge in [0.05, 0.1) is 11.8 Å². The molecule has 4 rings (SSSR count). The maximum Gasteiger partial charge on any atom is 0.253 e. The molecule has 0 atom stereocenters. The van der Waals surface area contributed by atoms with Gasteiger partial charge in [-0.05, 0) is 30.3 Å². The minimum Gasteiger partial charge on any atom is -0.461 e. The normalized spacial score (nSPS) is 11.1. The molecule has 3 heterocycles. The number of furan rings is 1. The largest absolute Gasteiger partial charge is 0.461 e. The molecule has 0 fully saturated rings. The number of aromatic amines is 2. The Balaban J connectivity index is 1.39. The van der Waals surface area contributed by atoms with Gasteiger partial charge in [0.2, 0.25) is 5.82 Å². The highest BCUT2D eigenvalue weighted by Gasteiger charge is 2.13. The lowest BCUT2D eigenvalue weighted by Gasteiger charge is -2.02. The third-order valence-corrected chi connectivity index (χ3v) is 3.81. The van der Waals surface area contributed by atoms with Crippen LogP contribution in [0.4, 0.5) is 4.39 Å². The Bertz CT molecular complexity index is 1020. The highest BCUT2D eigenvalue weighted by atomic mass is 19.1. The Morgan fingerprint density at radius 1 is 1.32 bits per heavy atom. The molecule has 0 saturated carbocycles. The van der Waals surface area contributed by atoms with E-state index in [1.807, 2.05) is 0 Å². The zero-order chi connectivity index (χ0) is 17.2. The summed E-state index contributed by atoms with van der Waals surface area (Å²) in [5.74, 6) is 1.03. The van der Waals surface area contributed by atoms with Gasteiger partial charge in [0.15, 0.2) is 5.76 Å². The second-order valence-corrected chi connectivity index (χ2v) is 5.48. The molecule has 3 N–H and O–H groups in total. The second kappa shape index (κ2) is 6.23.